The Kier molecular flexibility index (Phi) is 9.22. The number of benzene rings is 5. The van der Waals surface area contributed by atoms with Gasteiger partial charge in [-0.25, -0.2) is 9.69 Å². The maximum absolute atomic E-state index is 13.5. The van der Waals surface area contributed by atoms with Crippen LogP contribution in [0, 0.1) is 6.92 Å². The fourth-order valence-corrected chi connectivity index (χ4v) is 5.51. The summed E-state index contributed by atoms with van der Waals surface area (Å²) in [4.78, 5) is 40.1. The van der Waals surface area contributed by atoms with Crippen LogP contribution in [0.25, 0.3) is 16.8 Å². The zero-order chi connectivity index (χ0) is 32.9. The second-order valence-electron chi connectivity index (χ2n) is 10.8. The highest BCUT2D eigenvalue weighted by Gasteiger charge is 2.36. The number of imide groups is 2. The number of fused-ring (bicyclic) bond motifs is 1. The van der Waals surface area contributed by atoms with E-state index in [2.05, 4.69) is 36.5 Å². The molecule has 1 aliphatic heterocycles. The van der Waals surface area contributed by atoms with Gasteiger partial charge in [0.1, 0.15) is 24.5 Å². The normalized spacial score (nSPS) is 14.0. The quantitative estimate of drug-likeness (QED) is 0.122. The van der Waals surface area contributed by atoms with Gasteiger partial charge in [0.15, 0.2) is 11.5 Å². The summed E-state index contributed by atoms with van der Waals surface area (Å²) in [5, 5.41) is 5.10. The maximum Gasteiger partial charge on any atom is 0.335 e. The van der Waals surface area contributed by atoms with Crippen LogP contribution in [0.1, 0.15) is 29.2 Å². The van der Waals surface area contributed by atoms with E-state index >= 15 is 0 Å². The van der Waals surface area contributed by atoms with Gasteiger partial charge in [-0.15, -0.1) is 0 Å². The molecule has 0 unspecified atom stereocenters. The molecule has 1 heterocycles. The van der Waals surface area contributed by atoms with Crippen molar-refractivity contribution < 1.29 is 28.6 Å². The molecule has 9 heteroatoms. The molecule has 0 bridgehead atoms. The number of ether oxygens (including phenoxy) is 3. The number of aryl methyl sites for hydroxylation is 1. The lowest BCUT2D eigenvalue weighted by Gasteiger charge is -2.26. The smallest absolute Gasteiger partial charge is 0.335 e. The Bertz CT molecular complexity index is 2020. The summed E-state index contributed by atoms with van der Waals surface area (Å²) in [6, 6.07) is 30.4. The van der Waals surface area contributed by atoms with Gasteiger partial charge in [-0.2, -0.15) is 0 Å². The van der Waals surface area contributed by atoms with E-state index in [1.165, 1.54) is 6.08 Å². The van der Waals surface area contributed by atoms with Crippen molar-refractivity contribution >= 4 is 52.0 Å². The van der Waals surface area contributed by atoms with Gasteiger partial charge in [0.05, 0.1) is 12.3 Å². The molecule has 0 radical (unpaired) electrons. The number of anilines is 1. The Morgan fingerprint density at radius 1 is 0.787 bits per heavy atom. The van der Waals surface area contributed by atoms with E-state index in [1.54, 1.807) is 48.5 Å². The largest absolute Gasteiger partial charge is 0.490 e. The Labute approximate surface area is 277 Å². The van der Waals surface area contributed by atoms with Gasteiger partial charge in [0.25, 0.3) is 11.8 Å². The minimum Gasteiger partial charge on any atom is -0.490 e. The minimum atomic E-state index is -0.843. The first-order valence-corrected chi connectivity index (χ1v) is 15.4. The van der Waals surface area contributed by atoms with Gasteiger partial charge >= 0.3 is 6.03 Å². The molecule has 4 amide bonds. The van der Waals surface area contributed by atoms with E-state index in [1.807, 2.05) is 37.3 Å². The molecule has 236 valence electrons. The lowest BCUT2D eigenvalue weighted by Crippen LogP contribution is -2.54. The second kappa shape index (κ2) is 13.8. The summed E-state index contributed by atoms with van der Waals surface area (Å²) in [7, 11) is 0. The van der Waals surface area contributed by atoms with Crippen LogP contribution in [0.3, 0.4) is 0 Å². The fraction of sp³-hybridized carbons (Fsp3) is 0.132. The van der Waals surface area contributed by atoms with E-state index in [-0.39, 0.29) is 17.9 Å². The molecule has 0 spiro atoms. The molecule has 0 aliphatic carbocycles. The number of carbonyl (C=O) groups is 3. The number of hydrogen-bond acceptors (Lipinski definition) is 6. The lowest BCUT2D eigenvalue weighted by molar-refractivity contribution is -0.122. The van der Waals surface area contributed by atoms with E-state index in [0.29, 0.717) is 41.0 Å². The lowest BCUT2D eigenvalue weighted by atomic mass is 10.0. The zero-order valence-corrected chi connectivity index (χ0v) is 26.5. The third-order valence-corrected chi connectivity index (χ3v) is 8.14. The van der Waals surface area contributed by atoms with E-state index in [9.17, 15) is 14.4 Å². The average molecular weight is 647 g/mol. The summed E-state index contributed by atoms with van der Waals surface area (Å²) in [6.07, 6.45) is 1.43. The number of urea groups is 1. The number of hydrogen-bond donors (Lipinski definition) is 1. The van der Waals surface area contributed by atoms with E-state index < -0.39 is 17.8 Å². The molecular weight excluding hydrogens is 616 g/mol. The third kappa shape index (κ3) is 6.83. The fourth-order valence-electron chi connectivity index (χ4n) is 5.32. The second-order valence-corrected chi connectivity index (χ2v) is 11.2. The summed E-state index contributed by atoms with van der Waals surface area (Å²) >= 11 is 6.21. The topological polar surface area (TPSA) is 94.2 Å². The van der Waals surface area contributed by atoms with E-state index in [4.69, 9.17) is 25.8 Å². The van der Waals surface area contributed by atoms with Gasteiger partial charge in [0.2, 0.25) is 0 Å². The van der Waals surface area contributed by atoms with Gasteiger partial charge in [-0.3, -0.25) is 14.9 Å². The highest BCUT2D eigenvalue weighted by Crippen LogP contribution is 2.33. The van der Waals surface area contributed by atoms with Crippen molar-refractivity contribution in [2.45, 2.75) is 27.1 Å². The minimum absolute atomic E-state index is 0.203. The number of barbiturate groups is 1. The van der Waals surface area contributed by atoms with Crippen LogP contribution in [0.2, 0.25) is 5.02 Å². The molecular formula is C38H31ClN2O6. The van der Waals surface area contributed by atoms with Crippen molar-refractivity contribution in [3.63, 3.8) is 0 Å². The molecule has 1 fully saturated rings. The number of carbonyl (C=O) groups excluding carboxylic acids is 3. The first kappa shape index (κ1) is 31.4. The molecule has 5 aromatic carbocycles. The monoisotopic (exact) mass is 646 g/mol. The van der Waals surface area contributed by atoms with Crippen LogP contribution in [0.15, 0.2) is 109 Å². The first-order valence-electron chi connectivity index (χ1n) is 15.1. The number of halogens is 1. The van der Waals surface area contributed by atoms with E-state index in [0.717, 1.165) is 32.4 Å². The number of amides is 4. The molecule has 5 aromatic rings. The highest BCUT2D eigenvalue weighted by molar-refractivity contribution is 6.39. The van der Waals surface area contributed by atoms with Crippen LogP contribution in [-0.2, 0) is 22.8 Å². The van der Waals surface area contributed by atoms with Crippen LogP contribution in [0.5, 0.6) is 17.2 Å². The predicted molar refractivity (Wildman–Crippen MR) is 182 cm³/mol. The summed E-state index contributed by atoms with van der Waals surface area (Å²) in [5.41, 5.74) is 3.61. The number of nitrogens with zero attached hydrogens (tertiary/aromatic N) is 1. The van der Waals surface area contributed by atoms with Gasteiger partial charge in [0, 0.05) is 16.1 Å². The molecule has 1 N–H and O–H groups in total. The third-order valence-electron chi connectivity index (χ3n) is 7.77. The van der Waals surface area contributed by atoms with Crippen molar-refractivity contribution in [3.05, 3.63) is 136 Å². The average Bonchev–Trinajstić information content (AvgIpc) is 3.07. The van der Waals surface area contributed by atoms with Crippen LogP contribution < -0.4 is 24.4 Å². The number of rotatable bonds is 10. The van der Waals surface area contributed by atoms with Crippen molar-refractivity contribution in [2.75, 3.05) is 11.5 Å². The van der Waals surface area contributed by atoms with Gasteiger partial charge in [-0.1, -0.05) is 72.3 Å². The Balaban J connectivity index is 1.20. The molecule has 6 rings (SSSR count). The van der Waals surface area contributed by atoms with Crippen molar-refractivity contribution in [1.82, 2.24) is 5.32 Å². The standard InChI is InChI=1S/C38H31ClN2O6/c1-3-45-35-21-25(13-19-34(35)47-23-32-24(2)12-14-26-8-4-6-10-30(26)32)20-31-36(42)40-38(44)41(37(31)43)28-15-17-29(18-16-28)46-22-27-9-5-7-11-33(27)39/h4-21H,3,22-23H2,1-2H3,(H,40,42,44)/b31-20+. The van der Waals surface area contributed by atoms with Crippen molar-refractivity contribution in [3.8, 4) is 17.2 Å². The van der Waals surface area contributed by atoms with Crippen LogP contribution >= 0.6 is 11.6 Å². The first-order chi connectivity index (χ1) is 22.8. The molecule has 0 atom stereocenters. The summed E-state index contributed by atoms with van der Waals surface area (Å²) in [5.74, 6) is -0.0428. The Hall–Kier alpha value is -5.60. The summed E-state index contributed by atoms with van der Waals surface area (Å²) in [6.45, 7) is 4.87. The molecule has 0 aromatic heterocycles. The number of nitrogens with one attached hydrogen (secondary N) is 1. The molecule has 8 nitrogen and oxygen atoms in total. The SMILES string of the molecule is CCOc1cc(/C=C2\C(=O)NC(=O)N(c3ccc(OCc4ccccc4Cl)cc3)C2=O)ccc1OCc1c(C)ccc2ccccc12. The van der Waals surface area contributed by atoms with Crippen LogP contribution in [-0.4, -0.2) is 24.5 Å². The Morgan fingerprint density at radius 2 is 1.55 bits per heavy atom. The van der Waals surface area contributed by atoms with Crippen molar-refractivity contribution in [2.24, 2.45) is 0 Å². The molecule has 1 aliphatic rings. The summed E-state index contributed by atoms with van der Waals surface area (Å²) < 4.78 is 17.9. The molecule has 1 saturated heterocycles. The molecule has 0 saturated carbocycles. The van der Waals surface area contributed by atoms with Gasteiger partial charge < -0.3 is 14.2 Å². The Morgan fingerprint density at radius 3 is 2.34 bits per heavy atom. The van der Waals surface area contributed by atoms with Gasteiger partial charge in [-0.05, 0) is 84.3 Å². The van der Waals surface area contributed by atoms with Crippen LogP contribution in [0.4, 0.5) is 10.5 Å². The predicted octanol–water partition coefficient (Wildman–Crippen LogP) is 8.02. The molecule has 47 heavy (non-hydrogen) atoms. The highest BCUT2D eigenvalue weighted by atomic mass is 35.5. The maximum atomic E-state index is 13.5. The van der Waals surface area contributed by atoms with Crippen molar-refractivity contribution in [1.29, 1.82) is 0 Å². The zero-order valence-electron chi connectivity index (χ0n) is 25.8.